The minimum atomic E-state index is -0.251. The lowest BCUT2D eigenvalue weighted by molar-refractivity contribution is 0.0955. The normalized spacial score (nSPS) is 10.6. The highest BCUT2D eigenvalue weighted by atomic mass is 79.9. The van der Waals surface area contributed by atoms with E-state index in [2.05, 4.69) is 31.4 Å². The maximum Gasteiger partial charge on any atom is 0.271 e. The first kappa shape index (κ1) is 11.9. The van der Waals surface area contributed by atoms with E-state index < -0.39 is 0 Å². The molecule has 86 valence electrons. The van der Waals surface area contributed by atoms with Crippen LogP contribution in [0.5, 0.6) is 0 Å². The number of halogens is 1. The molecule has 0 aliphatic rings. The molecule has 2 heterocycles. The van der Waals surface area contributed by atoms with Crippen molar-refractivity contribution in [3.8, 4) is 0 Å². The molecule has 2 rings (SSSR count). The van der Waals surface area contributed by atoms with Crippen molar-refractivity contribution < 1.29 is 4.79 Å². The number of aromatic nitrogens is 1. The quantitative estimate of drug-likeness (QED) is 0.700. The predicted molar refractivity (Wildman–Crippen MR) is 71.3 cm³/mol. The Morgan fingerprint density at radius 1 is 1.35 bits per heavy atom. The molecule has 6 heteroatoms. The van der Waals surface area contributed by atoms with Crippen molar-refractivity contribution >= 4 is 39.4 Å². The Hall–Kier alpha value is -1.53. The number of hydrogen-bond donors (Lipinski definition) is 1. The van der Waals surface area contributed by atoms with Crippen LogP contribution in [0.2, 0.25) is 0 Å². The number of nitrogens with zero attached hydrogens (tertiary/aromatic N) is 2. The maximum atomic E-state index is 11.6. The lowest BCUT2D eigenvalue weighted by atomic mass is 10.3. The first-order chi connectivity index (χ1) is 8.25. The molecule has 0 radical (unpaired) electrons. The molecule has 0 saturated heterocycles. The fourth-order valence-corrected chi connectivity index (χ4v) is 2.42. The molecule has 0 atom stereocenters. The summed E-state index contributed by atoms with van der Waals surface area (Å²) in [5.74, 6) is -0.251. The van der Waals surface area contributed by atoms with Gasteiger partial charge in [-0.3, -0.25) is 9.78 Å². The van der Waals surface area contributed by atoms with Gasteiger partial charge in [0.05, 0.1) is 10.0 Å². The van der Waals surface area contributed by atoms with Gasteiger partial charge in [-0.05, 0) is 40.2 Å². The molecule has 2 aromatic heterocycles. The van der Waals surface area contributed by atoms with E-state index >= 15 is 0 Å². The Labute approximate surface area is 111 Å². The molecule has 0 aromatic carbocycles. The summed E-state index contributed by atoms with van der Waals surface area (Å²) < 4.78 is 1.03. The van der Waals surface area contributed by atoms with Gasteiger partial charge in [0.1, 0.15) is 0 Å². The van der Waals surface area contributed by atoms with E-state index in [1.807, 2.05) is 12.1 Å². The minimum Gasteiger partial charge on any atom is -0.267 e. The number of thiophene rings is 1. The monoisotopic (exact) mass is 309 g/mol. The summed E-state index contributed by atoms with van der Waals surface area (Å²) >= 11 is 4.89. The van der Waals surface area contributed by atoms with Crippen molar-refractivity contribution in [2.24, 2.45) is 5.10 Å². The maximum absolute atomic E-state index is 11.6. The minimum absolute atomic E-state index is 0.251. The number of rotatable bonds is 3. The van der Waals surface area contributed by atoms with E-state index in [1.165, 1.54) is 0 Å². The van der Waals surface area contributed by atoms with Gasteiger partial charge in [-0.15, -0.1) is 11.3 Å². The SMILES string of the molecule is O=C(N/N=C/c1ccc(Br)s1)c1ccncc1. The second-order valence-electron chi connectivity index (χ2n) is 3.08. The molecule has 0 spiro atoms. The standard InChI is InChI=1S/C11H8BrN3OS/c12-10-2-1-9(17-10)7-14-15-11(16)8-3-5-13-6-4-8/h1-7H,(H,15,16)/b14-7+. The first-order valence-corrected chi connectivity index (χ1v) is 6.35. The van der Waals surface area contributed by atoms with E-state index in [-0.39, 0.29) is 5.91 Å². The number of hydrogen-bond acceptors (Lipinski definition) is 4. The van der Waals surface area contributed by atoms with Crippen LogP contribution < -0.4 is 5.43 Å². The topological polar surface area (TPSA) is 54.4 Å². The van der Waals surface area contributed by atoms with Crippen LogP contribution in [-0.2, 0) is 0 Å². The van der Waals surface area contributed by atoms with E-state index in [9.17, 15) is 4.79 Å². The van der Waals surface area contributed by atoms with E-state index in [0.717, 1.165) is 8.66 Å². The second kappa shape index (κ2) is 5.70. The van der Waals surface area contributed by atoms with Crippen LogP contribution in [0, 0.1) is 0 Å². The molecular formula is C11H8BrN3OS. The van der Waals surface area contributed by atoms with Crippen LogP contribution in [0.4, 0.5) is 0 Å². The van der Waals surface area contributed by atoms with Gasteiger partial charge in [0, 0.05) is 22.8 Å². The Morgan fingerprint density at radius 2 is 2.12 bits per heavy atom. The Balaban J connectivity index is 1.95. The first-order valence-electron chi connectivity index (χ1n) is 4.74. The molecule has 4 nitrogen and oxygen atoms in total. The fourth-order valence-electron chi connectivity index (χ4n) is 1.12. The van der Waals surface area contributed by atoms with Crippen molar-refractivity contribution in [1.29, 1.82) is 0 Å². The van der Waals surface area contributed by atoms with E-state index in [0.29, 0.717) is 5.56 Å². The van der Waals surface area contributed by atoms with Gasteiger partial charge in [-0.2, -0.15) is 5.10 Å². The average molecular weight is 310 g/mol. The van der Waals surface area contributed by atoms with Gasteiger partial charge >= 0.3 is 0 Å². The molecular weight excluding hydrogens is 302 g/mol. The predicted octanol–water partition coefficient (Wildman–Crippen LogP) is 2.67. The molecule has 0 aliphatic heterocycles. The zero-order valence-corrected chi connectivity index (χ0v) is 11.0. The van der Waals surface area contributed by atoms with Gasteiger partial charge in [-0.1, -0.05) is 0 Å². The third-order valence-corrected chi connectivity index (χ3v) is 3.45. The Bertz CT molecular complexity index is 539. The summed E-state index contributed by atoms with van der Waals surface area (Å²) in [6.07, 6.45) is 4.73. The van der Waals surface area contributed by atoms with Gasteiger partial charge in [0.25, 0.3) is 5.91 Å². The van der Waals surface area contributed by atoms with Gasteiger partial charge < -0.3 is 0 Å². The van der Waals surface area contributed by atoms with Crippen LogP contribution in [0.25, 0.3) is 0 Å². The van der Waals surface area contributed by atoms with Crippen LogP contribution in [-0.4, -0.2) is 17.1 Å². The zero-order chi connectivity index (χ0) is 12.1. The number of hydrazone groups is 1. The van der Waals surface area contributed by atoms with Crippen molar-refractivity contribution in [3.63, 3.8) is 0 Å². The molecule has 0 saturated carbocycles. The lowest BCUT2D eigenvalue weighted by Crippen LogP contribution is -2.17. The molecule has 0 aliphatic carbocycles. The number of carbonyl (C=O) groups excluding carboxylic acids is 1. The number of pyridine rings is 1. The van der Waals surface area contributed by atoms with Crippen LogP contribution in [0.3, 0.4) is 0 Å². The molecule has 0 unspecified atom stereocenters. The zero-order valence-electron chi connectivity index (χ0n) is 8.63. The highest BCUT2D eigenvalue weighted by Crippen LogP contribution is 2.20. The second-order valence-corrected chi connectivity index (χ2v) is 5.57. The molecule has 17 heavy (non-hydrogen) atoms. The lowest BCUT2D eigenvalue weighted by Gasteiger charge is -1.97. The summed E-state index contributed by atoms with van der Waals surface area (Å²) in [5, 5.41) is 3.88. The third-order valence-electron chi connectivity index (χ3n) is 1.89. The fraction of sp³-hybridized carbons (Fsp3) is 0. The third kappa shape index (κ3) is 3.47. The van der Waals surface area contributed by atoms with Gasteiger partial charge in [0.15, 0.2) is 0 Å². The average Bonchev–Trinajstić information content (AvgIpc) is 2.76. The van der Waals surface area contributed by atoms with Crippen LogP contribution in [0.15, 0.2) is 45.5 Å². The van der Waals surface area contributed by atoms with Crippen molar-refractivity contribution in [3.05, 3.63) is 50.9 Å². The van der Waals surface area contributed by atoms with Gasteiger partial charge in [0.2, 0.25) is 0 Å². The summed E-state index contributed by atoms with van der Waals surface area (Å²) in [5.41, 5.74) is 2.98. The summed E-state index contributed by atoms with van der Waals surface area (Å²) in [4.78, 5) is 16.4. The Morgan fingerprint density at radius 3 is 2.76 bits per heavy atom. The van der Waals surface area contributed by atoms with Crippen LogP contribution >= 0.6 is 27.3 Å². The molecule has 2 aromatic rings. The van der Waals surface area contributed by atoms with Gasteiger partial charge in [-0.25, -0.2) is 5.43 Å². The summed E-state index contributed by atoms with van der Waals surface area (Å²) in [6, 6.07) is 7.10. The van der Waals surface area contributed by atoms with E-state index in [1.54, 1.807) is 42.1 Å². The molecule has 0 fully saturated rings. The number of amides is 1. The van der Waals surface area contributed by atoms with Crippen LogP contribution in [0.1, 0.15) is 15.2 Å². The summed E-state index contributed by atoms with van der Waals surface area (Å²) in [6.45, 7) is 0. The summed E-state index contributed by atoms with van der Waals surface area (Å²) in [7, 11) is 0. The Kier molecular flexibility index (Phi) is 4.00. The van der Waals surface area contributed by atoms with Crippen molar-refractivity contribution in [2.45, 2.75) is 0 Å². The number of nitrogens with one attached hydrogen (secondary N) is 1. The highest BCUT2D eigenvalue weighted by molar-refractivity contribution is 9.11. The molecule has 1 amide bonds. The molecule has 1 N–H and O–H groups in total. The largest absolute Gasteiger partial charge is 0.271 e. The van der Waals surface area contributed by atoms with E-state index in [4.69, 9.17) is 0 Å². The highest BCUT2D eigenvalue weighted by Gasteiger charge is 2.01. The number of carbonyl (C=O) groups is 1. The van der Waals surface area contributed by atoms with Crippen molar-refractivity contribution in [2.75, 3.05) is 0 Å². The molecule has 0 bridgehead atoms. The smallest absolute Gasteiger partial charge is 0.267 e. The van der Waals surface area contributed by atoms with Crippen molar-refractivity contribution in [1.82, 2.24) is 10.4 Å².